The number of fused-ring (bicyclic) bond motifs is 1. The average Bonchev–Trinajstić information content (AvgIpc) is 2.78. The highest BCUT2D eigenvalue weighted by Crippen LogP contribution is 2.45. The van der Waals surface area contributed by atoms with E-state index in [1.54, 1.807) is 25.3 Å². The molecule has 0 fully saturated rings. The van der Waals surface area contributed by atoms with Crippen molar-refractivity contribution in [1.29, 1.82) is 0 Å². The van der Waals surface area contributed by atoms with Gasteiger partial charge in [-0.2, -0.15) is 0 Å². The number of carboxylic acid groups (broad SMARTS) is 1. The highest BCUT2D eigenvalue weighted by molar-refractivity contribution is 6.09. The molecule has 1 N–H and O–H groups in total. The smallest absolute Gasteiger partial charge is 0.337 e. The topological polar surface area (TPSA) is 68.7 Å². The van der Waals surface area contributed by atoms with Gasteiger partial charge in [-0.3, -0.25) is 4.98 Å². The first-order valence-electron chi connectivity index (χ1n) is 11.3. The minimum atomic E-state index is -1.25. The summed E-state index contributed by atoms with van der Waals surface area (Å²) < 4.78 is 26.9. The summed E-state index contributed by atoms with van der Waals surface area (Å²) in [4.78, 5) is 17.2. The van der Waals surface area contributed by atoms with Gasteiger partial charge in [-0.25, -0.2) is 9.18 Å². The Bertz CT molecular complexity index is 1440. The van der Waals surface area contributed by atoms with E-state index in [-0.39, 0.29) is 5.82 Å². The Morgan fingerprint density at radius 1 is 1.18 bits per heavy atom. The number of aliphatic carboxylic acids is 1. The van der Waals surface area contributed by atoms with Crippen LogP contribution in [0.15, 0.2) is 48.7 Å². The predicted octanol–water partition coefficient (Wildman–Crippen LogP) is 6.38. The molecule has 1 aromatic heterocycles. The Balaban J connectivity index is 1.93. The average molecular weight is 460 g/mol. The number of rotatable bonds is 4. The zero-order valence-electron chi connectivity index (χ0n) is 19.6. The fraction of sp³-hybridized carbons (Fsp3) is 0.286. The van der Waals surface area contributed by atoms with Gasteiger partial charge in [0.1, 0.15) is 11.6 Å². The Labute approximate surface area is 197 Å². The molecule has 0 radical (unpaired) electrons. The molecule has 34 heavy (non-hydrogen) atoms. The van der Waals surface area contributed by atoms with E-state index in [2.05, 4.69) is 4.98 Å². The third-order valence-electron chi connectivity index (χ3n) is 6.17. The van der Waals surface area contributed by atoms with E-state index in [9.17, 15) is 14.3 Å². The van der Waals surface area contributed by atoms with Crippen LogP contribution in [-0.2, 0) is 16.0 Å². The van der Waals surface area contributed by atoms with Gasteiger partial charge < -0.3 is 14.6 Å². The van der Waals surface area contributed by atoms with E-state index in [1.807, 2.05) is 45.0 Å². The van der Waals surface area contributed by atoms with E-state index >= 15 is 0 Å². The minimum absolute atomic E-state index is 0.365. The van der Waals surface area contributed by atoms with Crippen LogP contribution in [0.1, 0.15) is 43.6 Å². The van der Waals surface area contributed by atoms with Gasteiger partial charge in [-0.05, 0) is 80.1 Å². The van der Waals surface area contributed by atoms with Crippen molar-refractivity contribution in [3.8, 4) is 16.9 Å². The van der Waals surface area contributed by atoms with E-state index < -0.39 is 17.7 Å². The number of hydrogen-bond donors (Lipinski definition) is 1. The molecule has 0 saturated carbocycles. The Kier molecular flexibility index (Phi) is 5.29. The quantitative estimate of drug-likeness (QED) is 0.384. The summed E-state index contributed by atoms with van der Waals surface area (Å²) in [5.74, 6) is -0.719. The van der Waals surface area contributed by atoms with Crippen molar-refractivity contribution in [2.75, 3.05) is 6.61 Å². The van der Waals surface area contributed by atoms with Crippen LogP contribution < -0.4 is 4.74 Å². The molecule has 6 heteroatoms. The maximum Gasteiger partial charge on any atom is 0.337 e. The Morgan fingerprint density at radius 2 is 1.97 bits per heavy atom. The van der Waals surface area contributed by atoms with Crippen molar-refractivity contribution < 1.29 is 23.8 Å². The number of aromatic nitrogens is 1. The lowest BCUT2D eigenvalue weighted by atomic mass is 9.85. The predicted molar refractivity (Wildman–Crippen MR) is 130 cm³/mol. The summed E-state index contributed by atoms with van der Waals surface area (Å²) in [6, 6.07) is 12.3. The third kappa shape index (κ3) is 3.68. The molecule has 1 aliphatic rings. The number of carbonyl (C=O) groups is 1. The van der Waals surface area contributed by atoms with Gasteiger partial charge in [0.25, 0.3) is 0 Å². The van der Waals surface area contributed by atoms with Gasteiger partial charge in [-0.1, -0.05) is 12.1 Å². The molecule has 0 spiro atoms. The summed E-state index contributed by atoms with van der Waals surface area (Å²) in [6.07, 6.45) is 1.27. The molecule has 1 atom stereocenters. The van der Waals surface area contributed by atoms with E-state index in [0.717, 1.165) is 28.7 Å². The van der Waals surface area contributed by atoms with Crippen LogP contribution in [0.4, 0.5) is 4.39 Å². The molecule has 0 aliphatic carbocycles. The minimum Gasteiger partial charge on any atom is -0.493 e. The molecule has 0 bridgehead atoms. The molecule has 3 aromatic carbocycles. The number of ether oxygens (including phenoxy) is 2. The lowest BCUT2D eigenvalue weighted by Gasteiger charge is -2.29. The van der Waals surface area contributed by atoms with Gasteiger partial charge in [0, 0.05) is 34.5 Å². The van der Waals surface area contributed by atoms with Crippen LogP contribution in [0.5, 0.6) is 5.75 Å². The SMILES string of the molecule is Cc1cc2c(F)cccc2c(-c2ccc3c4c(ccnc24)CCO3)c1C(OC(C)(C)C)C(=O)O. The summed E-state index contributed by atoms with van der Waals surface area (Å²) in [5.41, 5.74) is 3.60. The Morgan fingerprint density at radius 3 is 2.71 bits per heavy atom. The van der Waals surface area contributed by atoms with Crippen molar-refractivity contribution in [3.63, 3.8) is 0 Å². The van der Waals surface area contributed by atoms with E-state index in [4.69, 9.17) is 9.47 Å². The first kappa shape index (κ1) is 22.3. The number of pyridine rings is 1. The normalized spacial score (nSPS) is 14.3. The number of nitrogens with zero attached hydrogens (tertiary/aromatic N) is 1. The van der Waals surface area contributed by atoms with Gasteiger partial charge in [-0.15, -0.1) is 0 Å². The zero-order valence-corrected chi connectivity index (χ0v) is 19.6. The third-order valence-corrected chi connectivity index (χ3v) is 6.17. The molecular formula is C28H26FNO4. The van der Waals surface area contributed by atoms with Gasteiger partial charge in [0.15, 0.2) is 6.10 Å². The second-order valence-corrected chi connectivity index (χ2v) is 9.67. The Hall–Kier alpha value is -3.51. The molecular weight excluding hydrogens is 433 g/mol. The number of aryl methyl sites for hydroxylation is 1. The summed E-state index contributed by atoms with van der Waals surface area (Å²) in [5, 5.41) is 12.2. The maximum absolute atomic E-state index is 14.9. The van der Waals surface area contributed by atoms with Crippen molar-refractivity contribution in [1.82, 2.24) is 4.98 Å². The van der Waals surface area contributed by atoms with Crippen LogP contribution in [0.25, 0.3) is 32.8 Å². The zero-order chi connectivity index (χ0) is 24.2. The number of halogens is 1. The molecule has 1 unspecified atom stereocenters. The second-order valence-electron chi connectivity index (χ2n) is 9.67. The van der Waals surface area contributed by atoms with Crippen LogP contribution in [0, 0.1) is 12.7 Å². The molecule has 174 valence electrons. The molecule has 1 aliphatic heterocycles. The first-order chi connectivity index (χ1) is 16.2. The van der Waals surface area contributed by atoms with Crippen LogP contribution in [-0.4, -0.2) is 28.3 Å². The molecule has 2 heterocycles. The lowest BCUT2D eigenvalue weighted by molar-refractivity contribution is -0.160. The highest BCUT2D eigenvalue weighted by Gasteiger charge is 2.32. The largest absolute Gasteiger partial charge is 0.493 e. The molecule has 0 amide bonds. The van der Waals surface area contributed by atoms with Crippen LogP contribution in [0.3, 0.4) is 0 Å². The fourth-order valence-corrected chi connectivity index (χ4v) is 4.86. The van der Waals surface area contributed by atoms with Gasteiger partial charge in [0.2, 0.25) is 0 Å². The van der Waals surface area contributed by atoms with Gasteiger partial charge >= 0.3 is 5.97 Å². The van der Waals surface area contributed by atoms with Crippen LogP contribution in [0.2, 0.25) is 0 Å². The molecule has 4 aromatic rings. The molecule has 5 rings (SSSR count). The monoisotopic (exact) mass is 459 g/mol. The highest BCUT2D eigenvalue weighted by atomic mass is 19.1. The molecule has 0 saturated heterocycles. The lowest BCUT2D eigenvalue weighted by Crippen LogP contribution is -2.28. The fourth-order valence-electron chi connectivity index (χ4n) is 4.86. The van der Waals surface area contributed by atoms with Crippen molar-refractivity contribution in [2.24, 2.45) is 0 Å². The van der Waals surface area contributed by atoms with E-state index in [1.165, 1.54) is 6.07 Å². The van der Waals surface area contributed by atoms with Crippen LogP contribution >= 0.6 is 0 Å². The maximum atomic E-state index is 14.9. The summed E-state index contributed by atoms with van der Waals surface area (Å²) in [6.45, 7) is 7.85. The standard InChI is InChI=1S/C28H26FNO4/c1-15-14-19-17(6-5-7-20(19)29)24(22(15)26(27(31)32)34-28(2,3)4)18-8-9-21-23-16(11-13-33-21)10-12-30-25(18)23/h5-10,12,14,26H,11,13H2,1-4H3,(H,31,32). The number of carboxylic acids is 1. The van der Waals surface area contributed by atoms with Crippen molar-refractivity contribution >= 4 is 27.6 Å². The molecule has 5 nitrogen and oxygen atoms in total. The number of hydrogen-bond acceptors (Lipinski definition) is 4. The van der Waals surface area contributed by atoms with Crippen molar-refractivity contribution in [3.05, 3.63) is 71.2 Å². The van der Waals surface area contributed by atoms with Crippen molar-refractivity contribution in [2.45, 2.75) is 45.8 Å². The van der Waals surface area contributed by atoms with Gasteiger partial charge in [0.05, 0.1) is 17.7 Å². The first-order valence-corrected chi connectivity index (χ1v) is 11.3. The van der Waals surface area contributed by atoms with E-state index in [0.29, 0.717) is 39.6 Å². The summed E-state index contributed by atoms with van der Waals surface area (Å²) >= 11 is 0. The second kappa shape index (κ2) is 8.06. The summed E-state index contributed by atoms with van der Waals surface area (Å²) in [7, 11) is 0. The number of benzene rings is 3.